The number of morpholine rings is 1. The van der Waals surface area contributed by atoms with E-state index in [1.54, 1.807) is 0 Å². The van der Waals surface area contributed by atoms with Crippen LogP contribution in [0, 0.1) is 0 Å². The lowest BCUT2D eigenvalue weighted by Crippen LogP contribution is -2.39. The molecular formula is C12H17Cl2NO. The maximum atomic E-state index is 5.76. The third-order valence-corrected chi connectivity index (χ3v) is 2.89. The smallest absolute Gasteiger partial charge is 0.0952 e. The van der Waals surface area contributed by atoms with Crippen LogP contribution >= 0.6 is 24.0 Å². The Balaban J connectivity index is 0.00000128. The molecule has 1 fully saturated rings. The predicted molar refractivity (Wildman–Crippen MR) is 69.5 cm³/mol. The third-order valence-electron chi connectivity index (χ3n) is 2.72. The van der Waals surface area contributed by atoms with Crippen molar-refractivity contribution in [2.75, 3.05) is 32.1 Å². The fourth-order valence-electron chi connectivity index (χ4n) is 1.89. The lowest BCUT2D eigenvalue weighted by atomic mass is 10.1. The summed E-state index contributed by atoms with van der Waals surface area (Å²) in [5.74, 6) is 0.696. The molecule has 1 aliphatic heterocycles. The summed E-state index contributed by atoms with van der Waals surface area (Å²) >= 11 is 5.75. The van der Waals surface area contributed by atoms with E-state index in [0.29, 0.717) is 5.88 Å². The lowest BCUT2D eigenvalue weighted by Gasteiger charge is -2.32. The van der Waals surface area contributed by atoms with E-state index in [1.165, 1.54) is 5.56 Å². The average molecular weight is 262 g/mol. The van der Waals surface area contributed by atoms with Crippen LogP contribution in [0.4, 0.5) is 0 Å². The predicted octanol–water partition coefficient (Wildman–Crippen LogP) is 2.72. The summed E-state index contributed by atoms with van der Waals surface area (Å²) in [7, 11) is 0. The highest BCUT2D eigenvalue weighted by molar-refractivity contribution is 6.18. The highest BCUT2D eigenvalue weighted by Gasteiger charge is 2.20. The van der Waals surface area contributed by atoms with Gasteiger partial charge in [0.15, 0.2) is 0 Å². The van der Waals surface area contributed by atoms with Crippen LogP contribution in [0.15, 0.2) is 30.3 Å². The SMILES string of the molecule is Cl.ClCCN1CCOC(c2ccccc2)C1. The number of alkyl halides is 1. The molecule has 16 heavy (non-hydrogen) atoms. The summed E-state index contributed by atoms with van der Waals surface area (Å²) in [6.07, 6.45) is 0.211. The van der Waals surface area contributed by atoms with E-state index in [2.05, 4.69) is 29.2 Å². The van der Waals surface area contributed by atoms with Gasteiger partial charge in [-0.1, -0.05) is 30.3 Å². The molecule has 0 saturated carbocycles. The number of ether oxygens (including phenoxy) is 1. The van der Waals surface area contributed by atoms with Crippen molar-refractivity contribution in [3.63, 3.8) is 0 Å². The van der Waals surface area contributed by atoms with Crippen LogP contribution in [-0.4, -0.2) is 37.0 Å². The second-order valence-electron chi connectivity index (χ2n) is 3.76. The Morgan fingerprint density at radius 2 is 2.06 bits per heavy atom. The standard InChI is InChI=1S/C12H16ClNO.ClH/c13-6-7-14-8-9-15-12(10-14)11-4-2-1-3-5-11;/h1-5,12H,6-10H2;1H. The minimum Gasteiger partial charge on any atom is -0.371 e. The molecule has 0 spiro atoms. The van der Waals surface area contributed by atoms with Gasteiger partial charge in [0.2, 0.25) is 0 Å². The van der Waals surface area contributed by atoms with Gasteiger partial charge >= 0.3 is 0 Å². The molecule has 2 nitrogen and oxygen atoms in total. The van der Waals surface area contributed by atoms with Crippen molar-refractivity contribution in [3.8, 4) is 0 Å². The summed E-state index contributed by atoms with van der Waals surface area (Å²) in [6.45, 7) is 3.71. The molecule has 0 N–H and O–H groups in total. The summed E-state index contributed by atoms with van der Waals surface area (Å²) < 4.78 is 5.76. The van der Waals surface area contributed by atoms with E-state index in [-0.39, 0.29) is 18.5 Å². The summed E-state index contributed by atoms with van der Waals surface area (Å²) in [5.41, 5.74) is 1.26. The van der Waals surface area contributed by atoms with Crippen molar-refractivity contribution < 1.29 is 4.74 Å². The second-order valence-corrected chi connectivity index (χ2v) is 4.14. The number of halogens is 2. The Morgan fingerprint density at radius 1 is 1.31 bits per heavy atom. The van der Waals surface area contributed by atoms with E-state index >= 15 is 0 Å². The maximum Gasteiger partial charge on any atom is 0.0952 e. The normalized spacial score (nSPS) is 21.4. The molecule has 0 aromatic heterocycles. The largest absolute Gasteiger partial charge is 0.371 e. The van der Waals surface area contributed by atoms with Crippen LogP contribution in [-0.2, 0) is 4.74 Å². The van der Waals surface area contributed by atoms with Gasteiger partial charge in [0.1, 0.15) is 0 Å². The molecule has 1 atom stereocenters. The van der Waals surface area contributed by atoms with Crippen LogP contribution in [0.25, 0.3) is 0 Å². The number of benzene rings is 1. The first kappa shape index (κ1) is 13.8. The van der Waals surface area contributed by atoms with Crippen molar-refractivity contribution in [3.05, 3.63) is 35.9 Å². The number of rotatable bonds is 3. The van der Waals surface area contributed by atoms with Crippen molar-refractivity contribution in [1.82, 2.24) is 4.90 Å². The number of nitrogens with zero attached hydrogens (tertiary/aromatic N) is 1. The molecule has 4 heteroatoms. The minimum atomic E-state index is 0. The van der Waals surface area contributed by atoms with Gasteiger partial charge in [-0.25, -0.2) is 0 Å². The lowest BCUT2D eigenvalue weighted by molar-refractivity contribution is -0.0278. The second kappa shape index (κ2) is 7.13. The van der Waals surface area contributed by atoms with Crippen LogP contribution in [0.5, 0.6) is 0 Å². The van der Waals surface area contributed by atoms with Gasteiger partial charge < -0.3 is 4.74 Å². The third kappa shape index (κ3) is 3.63. The van der Waals surface area contributed by atoms with Gasteiger partial charge in [-0.05, 0) is 5.56 Å². The molecule has 1 saturated heterocycles. The Hall–Kier alpha value is -0.280. The van der Waals surface area contributed by atoms with Gasteiger partial charge in [0, 0.05) is 25.5 Å². The zero-order valence-electron chi connectivity index (χ0n) is 9.14. The molecule has 0 aliphatic carbocycles. The maximum absolute atomic E-state index is 5.76. The highest BCUT2D eigenvalue weighted by atomic mass is 35.5. The molecule has 0 bridgehead atoms. The number of hydrogen-bond acceptors (Lipinski definition) is 2. The van der Waals surface area contributed by atoms with Crippen LogP contribution in [0.2, 0.25) is 0 Å². The molecule has 0 radical (unpaired) electrons. The Bertz CT molecular complexity index is 292. The van der Waals surface area contributed by atoms with Crippen LogP contribution in [0.3, 0.4) is 0 Å². The van der Waals surface area contributed by atoms with E-state index < -0.39 is 0 Å². The summed E-state index contributed by atoms with van der Waals surface area (Å²) in [6, 6.07) is 10.4. The van der Waals surface area contributed by atoms with Crippen LogP contribution < -0.4 is 0 Å². The van der Waals surface area contributed by atoms with E-state index in [0.717, 1.165) is 26.2 Å². The Morgan fingerprint density at radius 3 is 2.75 bits per heavy atom. The van der Waals surface area contributed by atoms with Gasteiger partial charge in [-0.15, -0.1) is 24.0 Å². The van der Waals surface area contributed by atoms with Gasteiger partial charge in [-0.2, -0.15) is 0 Å². The topological polar surface area (TPSA) is 12.5 Å². The van der Waals surface area contributed by atoms with Gasteiger partial charge in [-0.3, -0.25) is 4.90 Å². The molecule has 1 aromatic carbocycles. The van der Waals surface area contributed by atoms with E-state index in [9.17, 15) is 0 Å². The Kier molecular flexibility index (Phi) is 6.14. The zero-order valence-corrected chi connectivity index (χ0v) is 10.7. The molecule has 90 valence electrons. The molecule has 1 aliphatic rings. The van der Waals surface area contributed by atoms with Gasteiger partial charge in [0.25, 0.3) is 0 Å². The fourth-order valence-corrected chi connectivity index (χ4v) is 2.13. The molecule has 1 unspecified atom stereocenters. The average Bonchev–Trinajstić information content (AvgIpc) is 2.31. The first-order valence-electron chi connectivity index (χ1n) is 5.35. The zero-order chi connectivity index (χ0) is 10.5. The van der Waals surface area contributed by atoms with E-state index in [4.69, 9.17) is 16.3 Å². The molecule has 1 heterocycles. The summed E-state index contributed by atoms with van der Waals surface area (Å²) in [4.78, 5) is 2.36. The summed E-state index contributed by atoms with van der Waals surface area (Å²) in [5, 5.41) is 0. The van der Waals surface area contributed by atoms with Crippen molar-refractivity contribution in [2.24, 2.45) is 0 Å². The van der Waals surface area contributed by atoms with Crippen LogP contribution in [0.1, 0.15) is 11.7 Å². The van der Waals surface area contributed by atoms with Crippen molar-refractivity contribution >= 4 is 24.0 Å². The first-order chi connectivity index (χ1) is 7.40. The monoisotopic (exact) mass is 261 g/mol. The Labute approximate surface area is 108 Å². The molecular weight excluding hydrogens is 245 g/mol. The van der Waals surface area contributed by atoms with Gasteiger partial charge in [0.05, 0.1) is 12.7 Å². The highest BCUT2D eigenvalue weighted by Crippen LogP contribution is 2.21. The molecule has 1 aromatic rings. The molecule has 2 rings (SSSR count). The van der Waals surface area contributed by atoms with E-state index in [1.807, 2.05) is 6.07 Å². The minimum absolute atomic E-state index is 0. The van der Waals surface area contributed by atoms with Crippen molar-refractivity contribution in [2.45, 2.75) is 6.10 Å². The quantitative estimate of drug-likeness (QED) is 0.776. The first-order valence-corrected chi connectivity index (χ1v) is 5.88. The fraction of sp³-hybridized carbons (Fsp3) is 0.500. The van der Waals surface area contributed by atoms with Crippen molar-refractivity contribution in [1.29, 1.82) is 0 Å². The number of hydrogen-bond donors (Lipinski definition) is 0. The molecule has 0 amide bonds.